The molecule has 0 aliphatic carbocycles. The van der Waals surface area contributed by atoms with E-state index in [0.717, 1.165) is 11.1 Å². The number of methoxy groups -OCH3 is 1. The summed E-state index contributed by atoms with van der Waals surface area (Å²) in [5.41, 5.74) is 4.00. The van der Waals surface area contributed by atoms with E-state index in [2.05, 4.69) is 5.32 Å². The third-order valence-electron chi connectivity index (χ3n) is 5.96. The van der Waals surface area contributed by atoms with E-state index in [1.807, 2.05) is 33.8 Å². The lowest BCUT2D eigenvalue weighted by atomic mass is 9.98. The molecule has 0 bridgehead atoms. The van der Waals surface area contributed by atoms with Gasteiger partial charge < -0.3 is 19.6 Å². The van der Waals surface area contributed by atoms with Gasteiger partial charge in [-0.1, -0.05) is 44.2 Å². The smallest absolute Gasteiger partial charge is 0.337 e. The number of carboxylic acid groups (broad SMARTS) is 1. The molecule has 0 radical (unpaired) electrons. The third kappa shape index (κ3) is 5.56. The number of carboxylic acids is 1. The Morgan fingerprint density at radius 1 is 1.00 bits per heavy atom. The molecular formula is C30H31NO6. The molecule has 0 saturated heterocycles. The second-order valence-corrected chi connectivity index (χ2v) is 8.40. The van der Waals surface area contributed by atoms with Crippen molar-refractivity contribution in [2.45, 2.75) is 40.7 Å². The van der Waals surface area contributed by atoms with E-state index in [9.17, 15) is 19.5 Å². The van der Waals surface area contributed by atoms with Crippen molar-refractivity contribution in [3.05, 3.63) is 98.7 Å². The number of carbonyl (C=O) groups is 2. The number of rotatable bonds is 6. The molecule has 1 unspecified atom stereocenters. The zero-order valence-corrected chi connectivity index (χ0v) is 21.8. The quantitative estimate of drug-likeness (QED) is 0.281. The minimum Gasteiger partial charge on any atom is -0.478 e. The number of ether oxygens (including phenoxy) is 1. The van der Waals surface area contributed by atoms with E-state index in [0.29, 0.717) is 39.1 Å². The van der Waals surface area contributed by atoms with Crippen LogP contribution in [0.15, 0.2) is 69.9 Å². The van der Waals surface area contributed by atoms with Crippen molar-refractivity contribution >= 4 is 28.6 Å². The van der Waals surface area contributed by atoms with Crippen molar-refractivity contribution in [3.63, 3.8) is 0 Å². The summed E-state index contributed by atoms with van der Waals surface area (Å²) in [6, 6.07) is 16.7. The summed E-state index contributed by atoms with van der Waals surface area (Å²) in [4.78, 5) is 36.8. The Bertz CT molecular complexity index is 1500. The van der Waals surface area contributed by atoms with Crippen LogP contribution in [0.3, 0.4) is 0 Å². The fraction of sp³-hybridized carbons (Fsp3) is 0.233. The van der Waals surface area contributed by atoms with Crippen LogP contribution in [0.2, 0.25) is 0 Å². The number of carbonyl (C=O) groups excluding carboxylic acids is 1. The molecule has 3 aromatic carbocycles. The molecule has 7 nitrogen and oxygen atoms in total. The number of aromatic carboxylic acids is 1. The number of aryl methyl sites for hydroxylation is 1. The fourth-order valence-corrected chi connectivity index (χ4v) is 4.15. The molecule has 1 atom stereocenters. The van der Waals surface area contributed by atoms with Crippen LogP contribution in [0.25, 0.3) is 22.3 Å². The maximum atomic E-state index is 13.3. The van der Waals surface area contributed by atoms with Crippen molar-refractivity contribution in [1.29, 1.82) is 0 Å². The Balaban J connectivity index is 0.00000186. The monoisotopic (exact) mass is 501 g/mol. The van der Waals surface area contributed by atoms with Crippen molar-refractivity contribution in [2.24, 2.45) is 0 Å². The van der Waals surface area contributed by atoms with Gasteiger partial charge in [-0.3, -0.25) is 4.79 Å². The van der Waals surface area contributed by atoms with Crippen LogP contribution in [-0.2, 0) is 4.74 Å². The van der Waals surface area contributed by atoms with E-state index in [-0.39, 0.29) is 17.0 Å². The number of para-hydroxylation sites is 1. The highest BCUT2D eigenvalue weighted by Crippen LogP contribution is 2.32. The van der Waals surface area contributed by atoms with E-state index in [4.69, 9.17) is 9.15 Å². The first-order valence-electron chi connectivity index (χ1n) is 12.1. The van der Waals surface area contributed by atoms with E-state index in [1.165, 1.54) is 13.2 Å². The largest absolute Gasteiger partial charge is 0.478 e. The van der Waals surface area contributed by atoms with Crippen LogP contribution in [0, 0.1) is 13.8 Å². The number of esters is 1. The van der Waals surface area contributed by atoms with Crippen LogP contribution < -0.4 is 10.7 Å². The van der Waals surface area contributed by atoms with E-state index in [1.54, 1.807) is 55.5 Å². The van der Waals surface area contributed by atoms with Gasteiger partial charge in [-0.05, 0) is 56.7 Å². The summed E-state index contributed by atoms with van der Waals surface area (Å²) in [7, 11) is 1.32. The normalized spacial score (nSPS) is 11.3. The predicted molar refractivity (Wildman–Crippen MR) is 146 cm³/mol. The number of fused-ring (bicyclic) bond motifs is 1. The van der Waals surface area contributed by atoms with Crippen molar-refractivity contribution in [1.82, 2.24) is 0 Å². The Morgan fingerprint density at radius 2 is 1.65 bits per heavy atom. The van der Waals surface area contributed by atoms with Gasteiger partial charge in [-0.15, -0.1) is 0 Å². The minimum absolute atomic E-state index is 0.151. The van der Waals surface area contributed by atoms with Crippen LogP contribution in [0.5, 0.6) is 0 Å². The molecule has 37 heavy (non-hydrogen) atoms. The van der Waals surface area contributed by atoms with Gasteiger partial charge in [0, 0.05) is 22.4 Å². The maximum Gasteiger partial charge on any atom is 0.337 e. The molecule has 0 aliphatic heterocycles. The summed E-state index contributed by atoms with van der Waals surface area (Å²) >= 11 is 0. The summed E-state index contributed by atoms with van der Waals surface area (Å²) in [5.74, 6) is -1.08. The highest BCUT2D eigenvalue weighted by molar-refractivity contribution is 5.94. The van der Waals surface area contributed by atoms with Crippen LogP contribution in [-0.4, -0.2) is 24.2 Å². The SMILES string of the molecule is CC.COC(=O)c1ccc(-c2oc3c(C(C)Nc4ccccc4C(=O)O)cc(C)cc3c(=O)c2C)cc1. The average Bonchev–Trinajstić information content (AvgIpc) is 2.91. The molecule has 1 heterocycles. The Labute approximate surface area is 215 Å². The summed E-state index contributed by atoms with van der Waals surface area (Å²) in [6.45, 7) is 9.49. The van der Waals surface area contributed by atoms with Gasteiger partial charge in [0.05, 0.1) is 29.7 Å². The molecule has 4 aromatic rings. The molecule has 0 fully saturated rings. The zero-order chi connectivity index (χ0) is 27.3. The molecule has 7 heteroatoms. The first-order valence-corrected chi connectivity index (χ1v) is 12.1. The zero-order valence-electron chi connectivity index (χ0n) is 21.8. The molecular weight excluding hydrogens is 470 g/mol. The van der Waals surface area contributed by atoms with E-state index < -0.39 is 11.9 Å². The topological polar surface area (TPSA) is 106 Å². The average molecular weight is 502 g/mol. The molecule has 2 N–H and O–H groups in total. The number of hydrogen-bond donors (Lipinski definition) is 2. The molecule has 0 aliphatic rings. The standard InChI is InChI=1S/C28H25NO6.C2H6/c1-15-13-21(17(3)29-23-8-6-5-7-20(23)27(31)32)26-22(14-15)24(30)16(2)25(35-26)18-9-11-19(12-10-18)28(33)34-4;1-2/h5-14,17,29H,1-4H3,(H,31,32);1-2H3. The molecule has 0 spiro atoms. The number of nitrogens with one attached hydrogen (secondary N) is 1. The van der Waals surface area contributed by atoms with Crippen LogP contribution in [0.1, 0.15) is 64.2 Å². The van der Waals surface area contributed by atoms with Gasteiger partial charge in [0.25, 0.3) is 0 Å². The molecule has 192 valence electrons. The summed E-state index contributed by atoms with van der Waals surface area (Å²) < 4.78 is 11.1. The van der Waals surface area contributed by atoms with E-state index >= 15 is 0 Å². The lowest BCUT2D eigenvalue weighted by Crippen LogP contribution is -2.14. The van der Waals surface area contributed by atoms with Crippen molar-refractivity contribution < 1.29 is 23.8 Å². The molecule has 0 amide bonds. The van der Waals surface area contributed by atoms with Crippen molar-refractivity contribution in [2.75, 3.05) is 12.4 Å². The van der Waals surface area contributed by atoms with Gasteiger partial charge in [0.1, 0.15) is 11.3 Å². The lowest BCUT2D eigenvalue weighted by Gasteiger charge is -2.20. The highest BCUT2D eigenvalue weighted by atomic mass is 16.5. The Morgan fingerprint density at radius 3 is 2.27 bits per heavy atom. The Kier molecular flexibility index (Phi) is 8.50. The van der Waals surface area contributed by atoms with Gasteiger partial charge in [-0.2, -0.15) is 0 Å². The summed E-state index contributed by atoms with van der Waals surface area (Å²) in [5, 5.41) is 13.2. The van der Waals surface area contributed by atoms with Crippen molar-refractivity contribution in [3.8, 4) is 11.3 Å². The van der Waals surface area contributed by atoms with Gasteiger partial charge >= 0.3 is 11.9 Å². The highest BCUT2D eigenvalue weighted by Gasteiger charge is 2.20. The van der Waals surface area contributed by atoms with Crippen LogP contribution in [0.4, 0.5) is 5.69 Å². The van der Waals surface area contributed by atoms with Gasteiger partial charge in [0.15, 0.2) is 5.43 Å². The molecule has 1 aromatic heterocycles. The summed E-state index contributed by atoms with van der Waals surface area (Å²) in [6.07, 6.45) is 0. The maximum absolute atomic E-state index is 13.3. The minimum atomic E-state index is -1.03. The third-order valence-corrected chi connectivity index (χ3v) is 5.96. The predicted octanol–water partition coefficient (Wildman–Crippen LogP) is 6.76. The lowest BCUT2D eigenvalue weighted by molar-refractivity contribution is 0.0599. The second kappa shape index (κ2) is 11.6. The fourth-order valence-electron chi connectivity index (χ4n) is 4.15. The van der Waals surface area contributed by atoms with Crippen LogP contribution >= 0.6 is 0 Å². The molecule has 0 saturated carbocycles. The number of benzene rings is 3. The number of anilines is 1. The first kappa shape index (κ1) is 27.2. The van der Waals surface area contributed by atoms with Gasteiger partial charge in [0.2, 0.25) is 0 Å². The second-order valence-electron chi connectivity index (χ2n) is 8.40. The van der Waals surface area contributed by atoms with Gasteiger partial charge in [-0.25, -0.2) is 9.59 Å². The number of hydrogen-bond acceptors (Lipinski definition) is 6. The first-order chi connectivity index (χ1) is 17.7. The molecule has 4 rings (SSSR count). The Hall–Kier alpha value is -4.39.